The van der Waals surface area contributed by atoms with Crippen LogP contribution in [-0.2, 0) is 10.4 Å². The van der Waals surface area contributed by atoms with Crippen LogP contribution in [-0.4, -0.2) is 48.2 Å². The monoisotopic (exact) mass is 676 g/mol. The van der Waals surface area contributed by atoms with Crippen LogP contribution in [0.4, 0.5) is 0 Å². The minimum atomic E-state index is -4.92. The maximum absolute atomic E-state index is 8.63. The fourth-order valence-corrected chi connectivity index (χ4v) is 6.96. The van der Waals surface area contributed by atoms with Crippen LogP contribution in [0.25, 0.3) is 0 Å². The summed E-state index contributed by atoms with van der Waals surface area (Å²) in [7, 11) is -4.92. The number of nitrogens with zero attached hydrogens (tertiary/aromatic N) is 1. The van der Waals surface area contributed by atoms with E-state index in [1.807, 2.05) is 0 Å². The molecule has 0 aliphatic rings. The van der Waals surface area contributed by atoms with Crippen molar-refractivity contribution in [2.75, 3.05) is 26.2 Å². The molecule has 0 unspecified atom stereocenters. The van der Waals surface area contributed by atoms with E-state index in [0.29, 0.717) is 0 Å². The largest absolute Gasteiger partial charge is 0.726 e. The highest BCUT2D eigenvalue weighted by molar-refractivity contribution is 7.79. The first kappa shape index (κ1) is 47.9. The molecule has 6 heteroatoms. The SMILES string of the molecule is CCCCCCCCCCCCCCCCCC[N+](CC)(CC)CCCCCCCCCCCCCCCCCC.O=S(=O)([O-])O. The third-order valence-corrected chi connectivity index (χ3v) is 10.3. The van der Waals surface area contributed by atoms with Crippen molar-refractivity contribution in [1.29, 1.82) is 0 Å². The third-order valence-electron chi connectivity index (χ3n) is 10.3. The molecule has 280 valence electrons. The molecule has 46 heavy (non-hydrogen) atoms. The Morgan fingerprint density at radius 1 is 0.370 bits per heavy atom. The Hall–Kier alpha value is -0.170. The Morgan fingerprint density at radius 3 is 0.674 bits per heavy atom. The highest BCUT2D eigenvalue weighted by Crippen LogP contribution is 2.18. The molecule has 0 rings (SSSR count). The van der Waals surface area contributed by atoms with Crippen LogP contribution in [0.3, 0.4) is 0 Å². The summed E-state index contributed by atoms with van der Waals surface area (Å²) in [5.41, 5.74) is 0. The van der Waals surface area contributed by atoms with Gasteiger partial charge in [0.2, 0.25) is 10.4 Å². The first-order chi connectivity index (χ1) is 22.2. The summed E-state index contributed by atoms with van der Waals surface area (Å²) in [4.78, 5) is 0. The van der Waals surface area contributed by atoms with Gasteiger partial charge in [-0.2, -0.15) is 0 Å². The average Bonchev–Trinajstić information content (AvgIpc) is 3.02. The molecule has 0 aromatic carbocycles. The molecule has 0 heterocycles. The van der Waals surface area contributed by atoms with Crippen molar-refractivity contribution < 1.29 is 22.0 Å². The fraction of sp³-hybridized carbons (Fsp3) is 1.00. The molecule has 1 N–H and O–H groups in total. The van der Waals surface area contributed by atoms with Crippen LogP contribution in [0.2, 0.25) is 0 Å². The lowest BCUT2D eigenvalue weighted by molar-refractivity contribution is -0.925. The van der Waals surface area contributed by atoms with E-state index in [2.05, 4.69) is 27.7 Å². The Kier molecular flexibility index (Phi) is 39.2. The van der Waals surface area contributed by atoms with Gasteiger partial charge in [0.05, 0.1) is 26.2 Å². The zero-order chi connectivity index (χ0) is 34.5. The van der Waals surface area contributed by atoms with E-state index >= 15 is 0 Å². The third kappa shape index (κ3) is 41.9. The number of hydrogen-bond donors (Lipinski definition) is 1. The maximum atomic E-state index is 8.63. The Balaban J connectivity index is 0. The minimum Gasteiger partial charge on any atom is -0.726 e. The van der Waals surface area contributed by atoms with E-state index in [4.69, 9.17) is 17.5 Å². The van der Waals surface area contributed by atoms with E-state index in [1.165, 1.54) is 236 Å². The predicted molar refractivity (Wildman–Crippen MR) is 202 cm³/mol. The molecular formula is C40H85NO4S. The number of quaternary nitrogens is 1. The summed E-state index contributed by atoms with van der Waals surface area (Å²) in [6, 6.07) is 0. The summed E-state index contributed by atoms with van der Waals surface area (Å²) in [6.07, 6.45) is 47.0. The molecule has 0 atom stereocenters. The molecule has 0 aliphatic carbocycles. The van der Waals surface area contributed by atoms with Crippen LogP contribution in [0.1, 0.15) is 233 Å². The van der Waals surface area contributed by atoms with Crippen molar-refractivity contribution in [3.05, 3.63) is 0 Å². The van der Waals surface area contributed by atoms with Gasteiger partial charge in [-0.1, -0.05) is 194 Å². The van der Waals surface area contributed by atoms with E-state index in [0.717, 1.165) is 0 Å². The van der Waals surface area contributed by atoms with Crippen molar-refractivity contribution in [2.24, 2.45) is 0 Å². The van der Waals surface area contributed by atoms with E-state index in [-0.39, 0.29) is 0 Å². The van der Waals surface area contributed by atoms with Crippen molar-refractivity contribution in [3.8, 4) is 0 Å². The van der Waals surface area contributed by atoms with E-state index < -0.39 is 10.4 Å². The van der Waals surface area contributed by atoms with Crippen molar-refractivity contribution in [2.45, 2.75) is 233 Å². The normalized spacial score (nSPS) is 12.0. The first-order valence-electron chi connectivity index (χ1n) is 20.8. The molecule has 0 bridgehead atoms. The van der Waals surface area contributed by atoms with Gasteiger partial charge in [0.15, 0.2) is 0 Å². The average molecular weight is 676 g/mol. The summed E-state index contributed by atoms with van der Waals surface area (Å²) >= 11 is 0. The maximum Gasteiger partial charge on any atom is 0.215 e. The zero-order valence-corrected chi connectivity index (χ0v) is 32.8. The van der Waals surface area contributed by atoms with Gasteiger partial charge in [0.1, 0.15) is 0 Å². The van der Waals surface area contributed by atoms with Crippen LogP contribution < -0.4 is 0 Å². The lowest BCUT2D eigenvalue weighted by Gasteiger charge is -2.37. The standard InChI is InChI=1S/C40H84N.H2O4S/c1-5-9-11-13-15-17-19-21-23-25-27-29-31-33-35-37-39-41(7-3,8-4)40-38-36-34-32-30-28-26-24-22-20-18-16-14-12-10-6-2;1-5(2,3)4/h5-40H2,1-4H3;(H2,1,2,3,4)/q+1;/p-1. The van der Waals surface area contributed by atoms with Crippen molar-refractivity contribution >= 4 is 10.4 Å². The Bertz CT molecular complexity index is 620. The molecule has 0 saturated heterocycles. The second-order valence-electron chi connectivity index (χ2n) is 14.5. The fourth-order valence-electron chi connectivity index (χ4n) is 6.96. The van der Waals surface area contributed by atoms with E-state index in [9.17, 15) is 0 Å². The van der Waals surface area contributed by atoms with Gasteiger partial charge in [0.25, 0.3) is 0 Å². The molecule has 0 radical (unpaired) electrons. The van der Waals surface area contributed by atoms with Gasteiger partial charge in [-0.3, -0.25) is 4.55 Å². The van der Waals surface area contributed by atoms with Crippen molar-refractivity contribution in [1.82, 2.24) is 0 Å². The minimum absolute atomic E-state index is 1.34. The van der Waals surface area contributed by atoms with Crippen LogP contribution in [0.15, 0.2) is 0 Å². The topological polar surface area (TPSA) is 77.4 Å². The molecule has 0 aromatic rings. The Morgan fingerprint density at radius 2 is 0.522 bits per heavy atom. The first-order valence-corrected chi connectivity index (χ1v) is 22.1. The summed E-state index contributed by atoms with van der Waals surface area (Å²) in [5, 5.41) is 0. The van der Waals surface area contributed by atoms with Crippen molar-refractivity contribution in [3.63, 3.8) is 0 Å². The van der Waals surface area contributed by atoms with Crippen LogP contribution >= 0.6 is 0 Å². The zero-order valence-electron chi connectivity index (χ0n) is 32.0. The molecule has 0 spiro atoms. The number of rotatable bonds is 36. The second kappa shape index (κ2) is 37.6. The van der Waals surface area contributed by atoms with Gasteiger partial charge < -0.3 is 9.04 Å². The molecule has 0 aromatic heterocycles. The van der Waals surface area contributed by atoms with Crippen LogP contribution in [0, 0.1) is 0 Å². The van der Waals surface area contributed by atoms with E-state index in [1.54, 1.807) is 0 Å². The van der Waals surface area contributed by atoms with Gasteiger partial charge in [0, 0.05) is 0 Å². The van der Waals surface area contributed by atoms with Gasteiger partial charge >= 0.3 is 0 Å². The highest BCUT2D eigenvalue weighted by atomic mass is 32.3. The van der Waals surface area contributed by atoms with Gasteiger partial charge in [-0.15, -0.1) is 0 Å². The lowest BCUT2D eigenvalue weighted by Crippen LogP contribution is -2.49. The highest BCUT2D eigenvalue weighted by Gasteiger charge is 2.21. The molecule has 5 nitrogen and oxygen atoms in total. The van der Waals surface area contributed by atoms with Crippen LogP contribution in [0.5, 0.6) is 0 Å². The summed E-state index contributed by atoms with van der Waals surface area (Å²) in [5.74, 6) is 0. The molecule has 0 saturated carbocycles. The number of hydrogen-bond acceptors (Lipinski definition) is 3. The predicted octanol–water partition coefficient (Wildman–Crippen LogP) is 13.4. The summed E-state index contributed by atoms with van der Waals surface area (Å²) < 4.78 is 34.2. The van der Waals surface area contributed by atoms with Gasteiger partial charge in [-0.05, 0) is 39.5 Å². The quantitative estimate of drug-likeness (QED) is 0.0310. The molecule has 0 amide bonds. The lowest BCUT2D eigenvalue weighted by atomic mass is 10.0. The number of unbranched alkanes of at least 4 members (excludes halogenated alkanes) is 30. The summed E-state index contributed by atoms with van der Waals surface area (Å²) in [6.45, 7) is 15.1. The molecule has 0 aliphatic heterocycles. The van der Waals surface area contributed by atoms with Gasteiger partial charge in [-0.25, -0.2) is 8.42 Å². The Labute approximate surface area is 291 Å². The molecular weight excluding hydrogens is 591 g/mol. The molecule has 0 fully saturated rings. The second-order valence-corrected chi connectivity index (χ2v) is 15.3. The smallest absolute Gasteiger partial charge is 0.215 e.